The zero-order valence-electron chi connectivity index (χ0n) is 19.7. The van der Waals surface area contributed by atoms with E-state index in [1.165, 1.54) is 37.7 Å². The van der Waals surface area contributed by atoms with Crippen LogP contribution in [0.15, 0.2) is 30.8 Å². The van der Waals surface area contributed by atoms with Gasteiger partial charge >= 0.3 is 0 Å². The number of ether oxygens (including phenoxy) is 2. The Morgan fingerprint density at radius 2 is 1.83 bits per heavy atom. The molecule has 0 bridgehead atoms. The number of hydrogen-bond donors (Lipinski definition) is 0. The van der Waals surface area contributed by atoms with Gasteiger partial charge in [-0.1, -0.05) is 58.5 Å². The van der Waals surface area contributed by atoms with Crippen LogP contribution in [0.1, 0.15) is 84.3 Å². The number of fused-ring (bicyclic) bond motifs is 2. The molecule has 164 valence electrons. The first-order valence-corrected chi connectivity index (χ1v) is 12.2. The van der Waals surface area contributed by atoms with Crippen LogP contribution >= 0.6 is 0 Å². The summed E-state index contributed by atoms with van der Waals surface area (Å²) in [5.41, 5.74) is 3.64. The van der Waals surface area contributed by atoms with Crippen molar-refractivity contribution in [2.24, 2.45) is 28.6 Å². The van der Waals surface area contributed by atoms with E-state index in [4.69, 9.17) is 9.47 Å². The van der Waals surface area contributed by atoms with Crippen molar-refractivity contribution in [2.45, 2.75) is 97.4 Å². The van der Waals surface area contributed by atoms with Gasteiger partial charge in [0.25, 0.3) is 0 Å². The lowest BCUT2D eigenvalue weighted by molar-refractivity contribution is 0.0328. The van der Waals surface area contributed by atoms with Gasteiger partial charge in [0.1, 0.15) is 11.9 Å². The molecule has 3 saturated carbocycles. The van der Waals surface area contributed by atoms with E-state index >= 15 is 0 Å². The second-order valence-corrected chi connectivity index (χ2v) is 12.4. The highest BCUT2D eigenvalue weighted by Crippen LogP contribution is 2.66. The number of benzene rings is 1. The third-order valence-electron chi connectivity index (χ3n) is 8.96. The molecule has 5 rings (SSSR count). The Bertz CT molecular complexity index is 821. The molecule has 30 heavy (non-hydrogen) atoms. The lowest BCUT2D eigenvalue weighted by Crippen LogP contribution is -2.33. The number of rotatable bonds is 6. The summed E-state index contributed by atoms with van der Waals surface area (Å²) in [6, 6.07) is 8.98. The Kier molecular flexibility index (Phi) is 4.71. The zero-order valence-corrected chi connectivity index (χ0v) is 19.7. The summed E-state index contributed by atoms with van der Waals surface area (Å²) >= 11 is 0. The minimum atomic E-state index is 0.212. The van der Waals surface area contributed by atoms with E-state index in [9.17, 15) is 0 Å². The highest BCUT2D eigenvalue weighted by molar-refractivity contribution is 5.58. The van der Waals surface area contributed by atoms with Crippen LogP contribution in [0.2, 0.25) is 0 Å². The molecule has 4 aliphatic rings. The second kappa shape index (κ2) is 6.86. The summed E-state index contributed by atoms with van der Waals surface area (Å²) in [6.07, 6.45) is 9.56. The van der Waals surface area contributed by atoms with Crippen molar-refractivity contribution >= 4 is 5.76 Å². The molecule has 2 heteroatoms. The molecule has 1 aromatic carbocycles. The fourth-order valence-electron chi connectivity index (χ4n) is 7.15. The van der Waals surface area contributed by atoms with Gasteiger partial charge in [-0.3, -0.25) is 0 Å². The summed E-state index contributed by atoms with van der Waals surface area (Å²) in [5, 5.41) is 0. The van der Waals surface area contributed by atoms with Gasteiger partial charge in [0, 0.05) is 11.5 Å². The molecule has 2 nitrogen and oxygen atoms in total. The van der Waals surface area contributed by atoms with E-state index in [0.717, 1.165) is 41.9 Å². The molecule has 1 heterocycles. The average Bonchev–Trinajstić information content (AvgIpc) is 3.52. The number of epoxide rings is 1. The average molecular weight is 409 g/mol. The lowest BCUT2D eigenvalue weighted by atomic mass is 9.71. The third-order valence-corrected chi connectivity index (χ3v) is 8.96. The first-order chi connectivity index (χ1) is 14.1. The monoisotopic (exact) mass is 408 g/mol. The molecule has 0 radical (unpaired) electrons. The first-order valence-electron chi connectivity index (χ1n) is 12.2. The molecule has 3 aliphatic carbocycles. The Balaban J connectivity index is 1.15. The van der Waals surface area contributed by atoms with E-state index in [2.05, 4.69) is 65.5 Å². The molecular formula is C28H40O2. The molecule has 7 unspecified atom stereocenters. The van der Waals surface area contributed by atoms with Crippen molar-refractivity contribution in [3.8, 4) is 0 Å². The third kappa shape index (κ3) is 3.85. The quantitative estimate of drug-likeness (QED) is 0.372. The van der Waals surface area contributed by atoms with Crippen LogP contribution in [0.5, 0.6) is 0 Å². The van der Waals surface area contributed by atoms with Crippen molar-refractivity contribution in [3.05, 3.63) is 42.0 Å². The van der Waals surface area contributed by atoms with Gasteiger partial charge in [-0.25, -0.2) is 0 Å². The van der Waals surface area contributed by atoms with Crippen molar-refractivity contribution in [1.82, 2.24) is 0 Å². The Hall–Kier alpha value is -1.28. The molecule has 1 saturated heterocycles. The highest BCUT2D eigenvalue weighted by Gasteiger charge is 2.61. The maximum atomic E-state index is 6.46. The van der Waals surface area contributed by atoms with Crippen LogP contribution in [0.3, 0.4) is 0 Å². The topological polar surface area (TPSA) is 21.8 Å². The molecule has 1 aliphatic heterocycles. The van der Waals surface area contributed by atoms with Crippen LogP contribution in [-0.2, 0) is 15.9 Å². The minimum absolute atomic E-state index is 0.212. The van der Waals surface area contributed by atoms with Gasteiger partial charge < -0.3 is 9.47 Å². The fourth-order valence-corrected chi connectivity index (χ4v) is 7.15. The molecule has 0 N–H and O–H groups in total. The van der Waals surface area contributed by atoms with Crippen LogP contribution in [0.4, 0.5) is 0 Å². The largest absolute Gasteiger partial charge is 0.490 e. The van der Waals surface area contributed by atoms with Gasteiger partial charge in [-0.15, -0.1) is 0 Å². The summed E-state index contributed by atoms with van der Waals surface area (Å²) in [7, 11) is 0. The van der Waals surface area contributed by atoms with Gasteiger partial charge in [0.2, 0.25) is 0 Å². The first kappa shape index (κ1) is 20.6. The predicted molar refractivity (Wildman–Crippen MR) is 123 cm³/mol. The van der Waals surface area contributed by atoms with Crippen molar-refractivity contribution in [3.63, 3.8) is 0 Å². The molecule has 4 fully saturated rings. The lowest BCUT2D eigenvalue weighted by Gasteiger charge is -2.38. The second-order valence-electron chi connectivity index (χ2n) is 12.4. The van der Waals surface area contributed by atoms with Gasteiger partial charge in [0.15, 0.2) is 0 Å². The maximum Gasteiger partial charge on any atom is 0.119 e. The maximum absolute atomic E-state index is 6.46. The summed E-state index contributed by atoms with van der Waals surface area (Å²) in [5.74, 6) is 3.14. The summed E-state index contributed by atoms with van der Waals surface area (Å²) in [4.78, 5) is 0. The molecule has 7 atom stereocenters. The molecule has 0 aromatic heterocycles. The normalized spacial score (nSPS) is 43.3. The molecule has 1 aromatic rings. The Morgan fingerprint density at radius 1 is 1.10 bits per heavy atom. The van der Waals surface area contributed by atoms with Crippen molar-refractivity contribution < 1.29 is 9.47 Å². The van der Waals surface area contributed by atoms with Crippen LogP contribution < -0.4 is 0 Å². The predicted octanol–water partition coefficient (Wildman–Crippen LogP) is 7.02. The van der Waals surface area contributed by atoms with Crippen molar-refractivity contribution in [1.29, 1.82) is 0 Å². The SMILES string of the molecule is C=C(OC1CC(C)(C)CC2(C)CC12)c1ccc(CCC2CC3OC3(C)CC2C)cc1. The van der Waals surface area contributed by atoms with Gasteiger partial charge in [-0.05, 0) is 80.1 Å². The smallest absolute Gasteiger partial charge is 0.119 e. The van der Waals surface area contributed by atoms with Crippen molar-refractivity contribution in [2.75, 3.05) is 0 Å². The van der Waals surface area contributed by atoms with E-state index in [0.29, 0.717) is 23.0 Å². The van der Waals surface area contributed by atoms with Crippen LogP contribution in [0, 0.1) is 28.6 Å². The molecule has 0 amide bonds. The number of aryl methyl sites for hydroxylation is 1. The summed E-state index contributed by atoms with van der Waals surface area (Å²) in [6.45, 7) is 16.2. The minimum Gasteiger partial charge on any atom is -0.490 e. The Morgan fingerprint density at radius 3 is 2.57 bits per heavy atom. The van der Waals surface area contributed by atoms with E-state index in [1.807, 2.05) is 0 Å². The standard InChI is InChI=1S/C28H40O2/c1-18-14-28(6)25(30-28)13-22(18)12-9-20-7-10-21(11-8-20)19(2)29-24-16-26(3,4)17-27(5)15-23(24)27/h7-8,10-11,18,22-25H,2,9,12-17H2,1,3-6H3. The fraction of sp³-hybridized carbons (Fsp3) is 0.714. The highest BCUT2D eigenvalue weighted by atomic mass is 16.6. The number of hydrogen-bond acceptors (Lipinski definition) is 2. The molecule has 0 spiro atoms. The van der Waals surface area contributed by atoms with E-state index < -0.39 is 0 Å². The van der Waals surface area contributed by atoms with E-state index in [1.54, 1.807) is 0 Å². The van der Waals surface area contributed by atoms with Crippen LogP contribution in [0.25, 0.3) is 5.76 Å². The van der Waals surface area contributed by atoms with Gasteiger partial charge in [-0.2, -0.15) is 0 Å². The van der Waals surface area contributed by atoms with E-state index in [-0.39, 0.29) is 5.60 Å². The summed E-state index contributed by atoms with van der Waals surface area (Å²) < 4.78 is 12.4. The zero-order chi connectivity index (χ0) is 21.3. The Labute approximate surface area is 183 Å². The van der Waals surface area contributed by atoms with Gasteiger partial charge in [0.05, 0.1) is 11.7 Å². The van der Waals surface area contributed by atoms with Crippen LogP contribution in [-0.4, -0.2) is 17.8 Å². The molecular weight excluding hydrogens is 368 g/mol.